The van der Waals surface area contributed by atoms with Crippen LogP contribution in [-0.4, -0.2) is 15.0 Å². The number of aromatic nitrogens is 3. The second-order valence-corrected chi connectivity index (χ2v) is 11.1. The molecule has 44 heavy (non-hydrogen) atoms. The van der Waals surface area contributed by atoms with E-state index in [1.807, 2.05) is 24.4 Å². The van der Waals surface area contributed by atoms with Gasteiger partial charge in [-0.25, -0.2) is 9.97 Å². The Kier molecular flexibility index (Phi) is 6.25. The van der Waals surface area contributed by atoms with Gasteiger partial charge in [0, 0.05) is 43.4 Å². The predicted molar refractivity (Wildman–Crippen MR) is 174 cm³/mol. The number of rotatable bonds is 3. The van der Waals surface area contributed by atoms with Crippen LogP contribution in [0.2, 0.25) is 0 Å². The Hall–Kier alpha value is -4.98. The largest absolute Gasteiger partial charge is 0.256 e. The average Bonchev–Trinajstić information content (AvgIpc) is 3.39. The molecule has 9 rings (SSSR count). The van der Waals surface area contributed by atoms with Gasteiger partial charge in [-0.05, 0) is 51.9 Å². The molecular weight excluding hydrogens is 718 g/mol. The van der Waals surface area contributed by atoms with Crippen LogP contribution in [0.25, 0.3) is 55.1 Å². The standard InChI is InChI=1S/C40H24N3.Pt/c1-2-11-29(12-3-1)40(32-15-6-4-13-30(32)31-14-5-7-16-33(31)40)36-18-8-17-34(42-36)35-24-23-28-22-20-26-19-21-27-10-9-25-41-38(27)37(26)39(28)43-35;/h1-11,13-25H;/q-1;. The van der Waals surface area contributed by atoms with Crippen LogP contribution < -0.4 is 0 Å². The van der Waals surface area contributed by atoms with E-state index >= 15 is 0 Å². The van der Waals surface area contributed by atoms with Gasteiger partial charge < -0.3 is 0 Å². The molecule has 1 aliphatic rings. The van der Waals surface area contributed by atoms with E-state index in [0.29, 0.717) is 0 Å². The summed E-state index contributed by atoms with van der Waals surface area (Å²) in [6, 6.07) is 52.5. The molecule has 3 heterocycles. The number of benzene rings is 5. The van der Waals surface area contributed by atoms with E-state index in [9.17, 15) is 0 Å². The maximum absolute atomic E-state index is 5.42. The molecule has 8 aromatic rings. The third-order valence-corrected chi connectivity index (χ3v) is 8.87. The summed E-state index contributed by atoms with van der Waals surface area (Å²) in [7, 11) is 0. The quantitative estimate of drug-likeness (QED) is 0.134. The smallest absolute Gasteiger partial charge is 0.0894 e. The van der Waals surface area contributed by atoms with Gasteiger partial charge in [0.2, 0.25) is 0 Å². The zero-order valence-corrected chi connectivity index (χ0v) is 25.8. The molecule has 0 atom stereocenters. The fraction of sp³-hybridized carbons (Fsp3) is 0.0250. The minimum absolute atomic E-state index is 0. The molecule has 0 saturated carbocycles. The first kappa shape index (κ1) is 26.6. The fourth-order valence-electron chi connectivity index (χ4n) is 7.03. The maximum atomic E-state index is 5.42. The molecule has 3 aromatic heterocycles. The minimum atomic E-state index is -0.603. The summed E-state index contributed by atoms with van der Waals surface area (Å²) in [5.74, 6) is 0. The number of fused-ring (bicyclic) bond motifs is 8. The van der Waals surface area contributed by atoms with E-state index in [4.69, 9.17) is 15.0 Å². The Morgan fingerprint density at radius 1 is 0.500 bits per heavy atom. The molecule has 0 radical (unpaired) electrons. The third-order valence-electron chi connectivity index (χ3n) is 8.87. The molecule has 0 aliphatic heterocycles. The number of pyridine rings is 3. The van der Waals surface area contributed by atoms with Gasteiger partial charge in [-0.2, -0.15) is 30.3 Å². The molecule has 0 N–H and O–H groups in total. The summed E-state index contributed by atoms with van der Waals surface area (Å²) in [5, 5.41) is 4.39. The Bertz CT molecular complexity index is 2310. The summed E-state index contributed by atoms with van der Waals surface area (Å²) in [4.78, 5) is 15.4. The third kappa shape index (κ3) is 3.76. The van der Waals surface area contributed by atoms with Crippen LogP contribution in [0.15, 0.2) is 146 Å². The van der Waals surface area contributed by atoms with E-state index in [1.54, 1.807) is 0 Å². The van der Waals surface area contributed by atoms with Crippen LogP contribution in [0.5, 0.6) is 0 Å². The van der Waals surface area contributed by atoms with Gasteiger partial charge in [0.1, 0.15) is 0 Å². The Balaban J connectivity index is 0.00000289. The van der Waals surface area contributed by atoms with E-state index in [-0.39, 0.29) is 21.1 Å². The van der Waals surface area contributed by atoms with Crippen molar-refractivity contribution in [1.29, 1.82) is 0 Å². The van der Waals surface area contributed by atoms with Crippen LogP contribution in [0.4, 0.5) is 0 Å². The topological polar surface area (TPSA) is 38.7 Å². The van der Waals surface area contributed by atoms with Gasteiger partial charge in [0.05, 0.1) is 33.5 Å². The molecule has 210 valence electrons. The van der Waals surface area contributed by atoms with Crippen molar-refractivity contribution in [2.24, 2.45) is 0 Å². The van der Waals surface area contributed by atoms with Gasteiger partial charge in [-0.1, -0.05) is 91.0 Å². The number of hydrogen-bond donors (Lipinski definition) is 0. The zero-order chi connectivity index (χ0) is 28.4. The van der Waals surface area contributed by atoms with Crippen LogP contribution in [0.3, 0.4) is 0 Å². The summed E-state index contributed by atoms with van der Waals surface area (Å²) < 4.78 is 0. The Labute approximate surface area is 269 Å². The van der Waals surface area contributed by atoms with Gasteiger partial charge in [0.25, 0.3) is 0 Å². The van der Waals surface area contributed by atoms with Crippen molar-refractivity contribution in [3.05, 3.63) is 174 Å². The van der Waals surface area contributed by atoms with Crippen LogP contribution in [-0.2, 0) is 26.5 Å². The fourth-order valence-corrected chi connectivity index (χ4v) is 7.03. The van der Waals surface area contributed by atoms with Gasteiger partial charge in [-0.15, -0.1) is 5.56 Å². The summed E-state index contributed by atoms with van der Waals surface area (Å²) in [6.07, 6.45) is 1.85. The predicted octanol–water partition coefficient (Wildman–Crippen LogP) is 9.16. The van der Waals surface area contributed by atoms with Crippen LogP contribution in [0, 0.1) is 6.07 Å². The van der Waals surface area contributed by atoms with E-state index in [0.717, 1.165) is 55.2 Å². The van der Waals surface area contributed by atoms with Gasteiger partial charge in [-0.3, -0.25) is 4.98 Å². The van der Waals surface area contributed by atoms with Crippen molar-refractivity contribution in [2.45, 2.75) is 5.41 Å². The molecule has 3 nitrogen and oxygen atoms in total. The first-order valence-corrected chi connectivity index (χ1v) is 14.5. The number of hydrogen-bond acceptors (Lipinski definition) is 3. The van der Waals surface area contributed by atoms with Crippen molar-refractivity contribution in [2.75, 3.05) is 0 Å². The summed E-state index contributed by atoms with van der Waals surface area (Å²) in [5.41, 5.74) is 9.91. The van der Waals surface area contributed by atoms with E-state index < -0.39 is 5.41 Å². The van der Waals surface area contributed by atoms with Gasteiger partial charge >= 0.3 is 0 Å². The van der Waals surface area contributed by atoms with Crippen molar-refractivity contribution < 1.29 is 21.1 Å². The molecule has 0 unspecified atom stereocenters. The molecule has 1 aliphatic carbocycles. The SMILES string of the molecule is [Pt].[c-]1ccccc1C1(c2cccc(-c3ccc4ccc5ccc6cccnc6c5c4n3)n2)c2ccccc2-c2ccccc21. The molecule has 0 fully saturated rings. The molecule has 0 amide bonds. The first-order chi connectivity index (χ1) is 21.3. The molecule has 4 heteroatoms. The van der Waals surface area contributed by atoms with Crippen molar-refractivity contribution in [3.63, 3.8) is 0 Å². The summed E-state index contributed by atoms with van der Waals surface area (Å²) in [6.45, 7) is 0. The van der Waals surface area contributed by atoms with Crippen molar-refractivity contribution in [3.8, 4) is 22.5 Å². The average molecular weight is 742 g/mol. The Morgan fingerprint density at radius 2 is 1.16 bits per heavy atom. The molecule has 0 saturated heterocycles. The van der Waals surface area contributed by atoms with Gasteiger partial charge in [0.15, 0.2) is 0 Å². The second-order valence-electron chi connectivity index (χ2n) is 11.1. The maximum Gasteiger partial charge on any atom is 0.0894 e. The minimum Gasteiger partial charge on any atom is -0.256 e. The second kappa shape index (κ2) is 10.3. The molecule has 5 aromatic carbocycles. The normalized spacial score (nSPS) is 13.0. The number of nitrogens with zero attached hydrogens (tertiary/aromatic N) is 3. The van der Waals surface area contributed by atoms with Crippen molar-refractivity contribution in [1.82, 2.24) is 15.0 Å². The van der Waals surface area contributed by atoms with Crippen molar-refractivity contribution >= 4 is 32.6 Å². The van der Waals surface area contributed by atoms with E-state index in [2.05, 4.69) is 127 Å². The van der Waals surface area contributed by atoms with E-state index in [1.165, 1.54) is 22.3 Å². The first-order valence-electron chi connectivity index (χ1n) is 14.5. The molecule has 0 bridgehead atoms. The summed E-state index contributed by atoms with van der Waals surface area (Å²) >= 11 is 0. The Morgan fingerprint density at radius 3 is 1.91 bits per heavy atom. The monoisotopic (exact) mass is 741 g/mol. The zero-order valence-electron chi connectivity index (χ0n) is 23.5. The van der Waals surface area contributed by atoms with Crippen LogP contribution in [0.1, 0.15) is 22.4 Å². The van der Waals surface area contributed by atoms with Crippen LogP contribution >= 0.6 is 0 Å². The molecular formula is C40H24N3Pt-. The molecule has 0 spiro atoms.